The van der Waals surface area contributed by atoms with E-state index in [1.54, 1.807) is 0 Å². The summed E-state index contributed by atoms with van der Waals surface area (Å²) in [5.41, 5.74) is 7.58. The standard InChI is InChI=1S/C10H9ClN2O/c11-10-7(5-14)9(12)6-3-1-2-4-8(6)13-10/h1-4,14H,5H2,(H2,12,13). The maximum atomic E-state index is 9.05. The number of nitrogen functional groups attached to an aromatic ring is 1. The molecule has 0 aliphatic carbocycles. The lowest BCUT2D eigenvalue weighted by molar-refractivity contribution is 0.282. The van der Waals surface area contributed by atoms with Gasteiger partial charge in [0, 0.05) is 16.6 Å². The Morgan fingerprint density at radius 3 is 2.79 bits per heavy atom. The molecule has 3 N–H and O–H groups in total. The van der Waals surface area contributed by atoms with Crippen LogP contribution in [0.3, 0.4) is 0 Å². The summed E-state index contributed by atoms with van der Waals surface area (Å²) in [6, 6.07) is 7.42. The van der Waals surface area contributed by atoms with Gasteiger partial charge in [0.15, 0.2) is 0 Å². The number of anilines is 1. The van der Waals surface area contributed by atoms with E-state index in [9.17, 15) is 0 Å². The SMILES string of the molecule is Nc1c(CO)c(Cl)nc2ccccc12. The molecule has 3 nitrogen and oxygen atoms in total. The van der Waals surface area contributed by atoms with Gasteiger partial charge in [0.2, 0.25) is 0 Å². The molecule has 0 radical (unpaired) electrons. The Morgan fingerprint density at radius 2 is 2.07 bits per heavy atom. The van der Waals surface area contributed by atoms with Gasteiger partial charge in [-0.05, 0) is 6.07 Å². The molecule has 2 rings (SSSR count). The molecule has 0 unspecified atom stereocenters. The molecule has 72 valence electrons. The van der Waals surface area contributed by atoms with E-state index in [1.165, 1.54) is 0 Å². The molecule has 0 aliphatic rings. The fourth-order valence-electron chi connectivity index (χ4n) is 1.40. The molecule has 14 heavy (non-hydrogen) atoms. The van der Waals surface area contributed by atoms with Crippen molar-refractivity contribution in [2.75, 3.05) is 5.73 Å². The van der Waals surface area contributed by atoms with Gasteiger partial charge in [0.05, 0.1) is 12.1 Å². The third-order valence-corrected chi connectivity index (χ3v) is 2.46. The third-order valence-electron chi connectivity index (χ3n) is 2.15. The Balaban J connectivity index is 2.86. The molecule has 0 saturated heterocycles. The minimum absolute atomic E-state index is 0.192. The number of rotatable bonds is 1. The first-order valence-electron chi connectivity index (χ1n) is 4.17. The number of pyridine rings is 1. The number of para-hydroxylation sites is 1. The van der Waals surface area contributed by atoms with Gasteiger partial charge in [0.1, 0.15) is 5.15 Å². The van der Waals surface area contributed by atoms with Crippen LogP contribution in [0.5, 0.6) is 0 Å². The average molecular weight is 209 g/mol. The van der Waals surface area contributed by atoms with E-state index in [0.29, 0.717) is 11.3 Å². The van der Waals surface area contributed by atoms with Gasteiger partial charge in [-0.25, -0.2) is 4.98 Å². The molecule has 0 atom stereocenters. The Hall–Kier alpha value is -1.32. The monoisotopic (exact) mass is 208 g/mol. The van der Waals surface area contributed by atoms with Crippen molar-refractivity contribution < 1.29 is 5.11 Å². The molecule has 1 aromatic carbocycles. The summed E-state index contributed by atoms with van der Waals surface area (Å²) < 4.78 is 0. The van der Waals surface area contributed by atoms with Crippen molar-refractivity contribution in [3.8, 4) is 0 Å². The molecule has 0 saturated carbocycles. The number of benzene rings is 1. The average Bonchev–Trinajstić information content (AvgIpc) is 2.18. The smallest absolute Gasteiger partial charge is 0.137 e. The number of halogens is 1. The number of aliphatic hydroxyl groups is 1. The quantitative estimate of drug-likeness (QED) is 0.705. The van der Waals surface area contributed by atoms with Gasteiger partial charge in [-0.15, -0.1) is 0 Å². The van der Waals surface area contributed by atoms with E-state index in [-0.39, 0.29) is 11.8 Å². The van der Waals surface area contributed by atoms with E-state index >= 15 is 0 Å². The summed E-state index contributed by atoms with van der Waals surface area (Å²) in [5, 5.41) is 10.1. The molecule has 4 heteroatoms. The summed E-state index contributed by atoms with van der Waals surface area (Å²) >= 11 is 5.86. The van der Waals surface area contributed by atoms with Crippen LogP contribution in [0.15, 0.2) is 24.3 Å². The zero-order valence-electron chi connectivity index (χ0n) is 7.37. The zero-order valence-corrected chi connectivity index (χ0v) is 8.12. The fraction of sp³-hybridized carbons (Fsp3) is 0.100. The second-order valence-corrected chi connectivity index (χ2v) is 3.33. The Morgan fingerprint density at radius 1 is 1.36 bits per heavy atom. The highest BCUT2D eigenvalue weighted by molar-refractivity contribution is 6.31. The highest BCUT2D eigenvalue weighted by Gasteiger charge is 2.09. The van der Waals surface area contributed by atoms with Crippen molar-refractivity contribution in [3.63, 3.8) is 0 Å². The van der Waals surface area contributed by atoms with Crippen LogP contribution in [0.1, 0.15) is 5.56 Å². The van der Waals surface area contributed by atoms with E-state index < -0.39 is 0 Å². The number of aliphatic hydroxyl groups excluding tert-OH is 1. The van der Waals surface area contributed by atoms with Crippen LogP contribution in [0.25, 0.3) is 10.9 Å². The summed E-state index contributed by atoms with van der Waals surface area (Å²) in [6.07, 6.45) is 0. The molecule has 1 heterocycles. The normalized spacial score (nSPS) is 10.7. The van der Waals surface area contributed by atoms with Gasteiger partial charge in [-0.2, -0.15) is 0 Å². The van der Waals surface area contributed by atoms with Gasteiger partial charge in [0.25, 0.3) is 0 Å². The largest absolute Gasteiger partial charge is 0.398 e. The lowest BCUT2D eigenvalue weighted by atomic mass is 10.1. The molecule has 0 fully saturated rings. The van der Waals surface area contributed by atoms with Crippen LogP contribution < -0.4 is 5.73 Å². The van der Waals surface area contributed by atoms with Crippen LogP contribution >= 0.6 is 11.6 Å². The Labute approximate surface area is 86.1 Å². The Kier molecular flexibility index (Phi) is 2.27. The van der Waals surface area contributed by atoms with Crippen molar-refractivity contribution in [2.45, 2.75) is 6.61 Å². The fourth-order valence-corrected chi connectivity index (χ4v) is 1.65. The van der Waals surface area contributed by atoms with E-state index in [0.717, 1.165) is 10.9 Å². The second-order valence-electron chi connectivity index (χ2n) is 2.97. The van der Waals surface area contributed by atoms with Crippen molar-refractivity contribution in [2.24, 2.45) is 0 Å². The number of aromatic nitrogens is 1. The van der Waals surface area contributed by atoms with Gasteiger partial charge >= 0.3 is 0 Å². The van der Waals surface area contributed by atoms with Crippen LogP contribution in [-0.4, -0.2) is 10.1 Å². The van der Waals surface area contributed by atoms with E-state index in [1.807, 2.05) is 24.3 Å². The maximum Gasteiger partial charge on any atom is 0.137 e. The summed E-state index contributed by atoms with van der Waals surface area (Å²) in [6.45, 7) is -0.192. The zero-order chi connectivity index (χ0) is 10.1. The second kappa shape index (κ2) is 3.44. The van der Waals surface area contributed by atoms with Crippen molar-refractivity contribution in [3.05, 3.63) is 35.0 Å². The molecular weight excluding hydrogens is 200 g/mol. The number of fused-ring (bicyclic) bond motifs is 1. The number of nitrogens with zero attached hydrogens (tertiary/aromatic N) is 1. The summed E-state index contributed by atoms with van der Waals surface area (Å²) in [4.78, 5) is 4.13. The number of nitrogens with two attached hydrogens (primary N) is 1. The van der Waals surface area contributed by atoms with Crippen LogP contribution in [-0.2, 0) is 6.61 Å². The molecule has 2 aromatic rings. The van der Waals surface area contributed by atoms with Crippen molar-refractivity contribution >= 4 is 28.2 Å². The first-order valence-corrected chi connectivity index (χ1v) is 4.55. The molecular formula is C10H9ClN2O. The van der Waals surface area contributed by atoms with E-state index in [2.05, 4.69) is 4.98 Å². The lowest BCUT2D eigenvalue weighted by Gasteiger charge is -2.07. The van der Waals surface area contributed by atoms with Crippen LogP contribution in [0.4, 0.5) is 5.69 Å². The first-order chi connectivity index (χ1) is 6.74. The highest BCUT2D eigenvalue weighted by atomic mass is 35.5. The van der Waals surface area contributed by atoms with Crippen molar-refractivity contribution in [1.29, 1.82) is 0 Å². The minimum atomic E-state index is -0.192. The van der Waals surface area contributed by atoms with Gasteiger partial charge in [-0.1, -0.05) is 29.8 Å². The predicted octanol–water partition coefficient (Wildman–Crippen LogP) is 1.96. The third kappa shape index (κ3) is 1.31. The molecule has 0 aliphatic heterocycles. The molecule has 1 aromatic heterocycles. The molecule has 0 bridgehead atoms. The van der Waals surface area contributed by atoms with Gasteiger partial charge < -0.3 is 10.8 Å². The van der Waals surface area contributed by atoms with E-state index in [4.69, 9.17) is 22.4 Å². The highest BCUT2D eigenvalue weighted by Crippen LogP contribution is 2.28. The van der Waals surface area contributed by atoms with Crippen LogP contribution in [0.2, 0.25) is 5.15 Å². The molecule has 0 spiro atoms. The lowest BCUT2D eigenvalue weighted by Crippen LogP contribution is -1.98. The van der Waals surface area contributed by atoms with Gasteiger partial charge in [-0.3, -0.25) is 0 Å². The number of hydrogen-bond acceptors (Lipinski definition) is 3. The number of hydrogen-bond donors (Lipinski definition) is 2. The summed E-state index contributed by atoms with van der Waals surface area (Å²) in [5.74, 6) is 0. The van der Waals surface area contributed by atoms with Crippen molar-refractivity contribution in [1.82, 2.24) is 4.98 Å². The topological polar surface area (TPSA) is 59.1 Å². The summed E-state index contributed by atoms with van der Waals surface area (Å²) in [7, 11) is 0. The predicted molar refractivity (Wildman–Crippen MR) is 57.1 cm³/mol. The first kappa shape index (κ1) is 9.24. The maximum absolute atomic E-state index is 9.05. The molecule has 0 amide bonds. The van der Waals surface area contributed by atoms with Crippen LogP contribution in [0, 0.1) is 0 Å². The Bertz CT molecular complexity index is 485. The minimum Gasteiger partial charge on any atom is -0.398 e.